The second-order valence-corrected chi connectivity index (χ2v) is 6.86. The van der Waals surface area contributed by atoms with E-state index < -0.39 is 11.6 Å². The highest BCUT2D eigenvalue weighted by molar-refractivity contribution is 6.10. The van der Waals surface area contributed by atoms with Crippen molar-refractivity contribution in [1.82, 2.24) is 14.7 Å². The summed E-state index contributed by atoms with van der Waals surface area (Å²) in [6, 6.07) is 13.1. The van der Waals surface area contributed by atoms with E-state index in [0.29, 0.717) is 5.56 Å². The van der Waals surface area contributed by atoms with Crippen LogP contribution in [-0.2, 0) is 4.79 Å². The van der Waals surface area contributed by atoms with Gasteiger partial charge in [0.1, 0.15) is 11.6 Å². The zero-order valence-corrected chi connectivity index (χ0v) is 15.8. The molecular formula is C22H20FN3O3. The minimum atomic E-state index is -0.554. The lowest BCUT2D eigenvalue weighted by Crippen LogP contribution is -2.32. The van der Waals surface area contributed by atoms with E-state index in [9.17, 15) is 14.0 Å². The Hall–Kier alpha value is -3.48. The molecule has 0 N–H and O–H groups in total. The van der Waals surface area contributed by atoms with Crippen LogP contribution in [0.25, 0.3) is 5.69 Å². The zero-order valence-electron chi connectivity index (χ0n) is 15.8. The third kappa shape index (κ3) is 4.18. The topological polar surface area (TPSA) is 64.4 Å². The molecule has 0 radical (unpaired) electrons. The van der Waals surface area contributed by atoms with Gasteiger partial charge in [0, 0.05) is 19.3 Å². The summed E-state index contributed by atoms with van der Waals surface area (Å²) in [5.41, 5.74) is 1.17. The van der Waals surface area contributed by atoms with Crippen LogP contribution in [0.4, 0.5) is 4.39 Å². The Labute approximate surface area is 167 Å². The Bertz CT molecular complexity index is 1030. The van der Waals surface area contributed by atoms with Crippen LogP contribution in [0.15, 0.2) is 60.9 Å². The van der Waals surface area contributed by atoms with E-state index in [4.69, 9.17) is 4.74 Å². The number of hydrogen-bond donors (Lipinski definition) is 0. The van der Waals surface area contributed by atoms with Crippen molar-refractivity contribution in [2.75, 3.05) is 19.7 Å². The second-order valence-electron chi connectivity index (χ2n) is 6.86. The molecule has 0 unspecified atom stereocenters. The summed E-state index contributed by atoms with van der Waals surface area (Å²) >= 11 is 0. The number of ether oxygens (including phenoxy) is 1. The van der Waals surface area contributed by atoms with Gasteiger partial charge in [0.05, 0.1) is 23.0 Å². The highest BCUT2D eigenvalue weighted by atomic mass is 19.1. The van der Waals surface area contributed by atoms with Gasteiger partial charge in [-0.25, -0.2) is 9.07 Å². The number of hydrogen-bond acceptors (Lipinski definition) is 4. The molecule has 2 heterocycles. The van der Waals surface area contributed by atoms with Gasteiger partial charge < -0.3 is 9.64 Å². The van der Waals surface area contributed by atoms with Crippen molar-refractivity contribution in [2.45, 2.75) is 12.8 Å². The van der Waals surface area contributed by atoms with E-state index in [1.807, 2.05) is 30.3 Å². The van der Waals surface area contributed by atoms with Crippen molar-refractivity contribution in [2.24, 2.45) is 0 Å². The lowest BCUT2D eigenvalue weighted by Gasteiger charge is -2.16. The molecule has 2 aromatic carbocycles. The third-order valence-corrected chi connectivity index (χ3v) is 4.86. The van der Waals surface area contributed by atoms with Gasteiger partial charge in [0.25, 0.3) is 5.91 Å². The number of halogens is 1. The van der Waals surface area contributed by atoms with Gasteiger partial charge in [0.15, 0.2) is 12.4 Å². The summed E-state index contributed by atoms with van der Waals surface area (Å²) < 4.78 is 21.0. The minimum absolute atomic E-state index is 0.0619. The van der Waals surface area contributed by atoms with E-state index in [0.717, 1.165) is 37.7 Å². The van der Waals surface area contributed by atoms with Crippen LogP contribution < -0.4 is 4.74 Å². The maximum absolute atomic E-state index is 13.8. The van der Waals surface area contributed by atoms with Crippen LogP contribution in [0.2, 0.25) is 0 Å². The van der Waals surface area contributed by atoms with E-state index in [2.05, 4.69) is 5.10 Å². The summed E-state index contributed by atoms with van der Waals surface area (Å²) in [7, 11) is 0. The van der Waals surface area contributed by atoms with Crippen molar-refractivity contribution in [3.63, 3.8) is 0 Å². The molecule has 7 heteroatoms. The number of para-hydroxylation sites is 1. The number of nitrogens with zero attached hydrogens (tertiary/aromatic N) is 3. The molecule has 0 spiro atoms. The molecule has 0 bridgehead atoms. The number of carbonyl (C=O) groups is 2. The molecule has 29 heavy (non-hydrogen) atoms. The number of benzene rings is 2. The Morgan fingerprint density at radius 1 is 1.07 bits per heavy atom. The monoisotopic (exact) mass is 393 g/mol. The summed E-state index contributed by atoms with van der Waals surface area (Å²) in [4.78, 5) is 26.9. The molecule has 3 aromatic rings. The van der Waals surface area contributed by atoms with Crippen molar-refractivity contribution in [3.8, 4) is 11.4 Å². The molecule has 1 fully saturated rings. The van der Waals surface area contributed by atoms with Gasteiger partial charge in [-0.05, 0) is 43.2 Å². The molecule has 0 saturated carbocycles. The van der Waals surface area contributed by atoms with Crippen molar-refractivity contribution >= 4 is 11.7 Å². The highest BCUT2D eigenvalue weighted by Crippen LogP contribution is 2.24. The summed E-state index contributed by atoms with van der Waals surface area (Å²) in [5, 5.41) is 4.21. The molecule has 0 aliphatic carbocycles. The molecule has 1 saturated heterocycles. The summed E-state index contributed by atoms with van der Waals surface area (Å²) in [5.74, 6) is -0.934. The van der Waals surface area contributed by atoms with Crippen molar-refractivity contribution in [3.05, 3.63) is 77.9 Å². The first kappa shape index (κ1) is 18.9. The first-order valence-corrected chi connectivity index (χ1v) is 9.47. The smallest absolute Gasteiger partial charge is 0.260 e. The maximum atomic E-state index is 13.8. The fraction of sp³-hybridized carbons (Fsp3) is 0.227. The number of likely N-dealkylation sites (tertiary alicyclic amines) is 1. The van der Waals surface area contributed by atoms with Crippen LogP contribution in [0, 0.1) is 5.82 Å². The number of amides is 1. The lowest BCUT2D eigenvalue weighted by molar-refractivity contribution is -0.132. The molecule has 6 nitrogen and oxygen atoms in total. The SMILES string of the molecule is O=C(c1cnn(-c2ccccc2)c1)c1cc(F)ccc1OCC(=O)N1CCCC1. The van der Waals surface area contributed by atoms with Crippen LogP contribution in [-0.4, -0.2) is 46.1 Å². The average molecular weight is 393 g/mol. The maximum Gasteiger partial charge on any atom is 0.260 e. The Kier molecular flexibility index (Phi) is 5.37. The van der Waals surface area contributed by atoms with Crippen molar-refractivity contribution < 1.29 is 18.7 Å². The predicted octanol–water partition coefficient (Wildman–Crippen LogP) is 3.24. The van der Waals surface area contributed by atoms with Crippen LogP contribution in [0.1, 0.15) is 28.8 Å². The van der Waals surface area contributed by atoms with Gasteiger partial charge in [0.2, 0.25) is 0 Å². The molecule has 1 aliphatic rings. The normalized spacial score (nSPS) is 13.5. The van der Waals surface area contributed by atoms with E-state index in [1.54, 1.807) is 15.8 Å². The molecule has 4 rings (SSSR count). The summed E-state index contributed by atoms with van der Waals surface area (Å²) in [6.45, 7) is 1.25. The van der Waals surface area contributed by atoms with Crippen LogP contribution in [0.3, 0.4) is 0 Å². The lowest BCUT2D eigenvalue weighted by atomic mass is 10.1. The number of carbonyl (C=O) groups excluding carboxylic acids is 2. The highest BCUT2D eigenvalue weighted by Gasteiger charge is 2.21. The second kappa shape index (κ2) is 8.26. The van der Waals surface area contributed by atoms with Crippen LogP contribution in [0.5, 0.6) is 5.75 Å². The molecular weight excluding hydrogens is 373 g/mol. The predicted molar refractivity (Wildman–Crippen MR) is 105 cm³/mol. The quantitative estimate of drug-likeness (QED) is 0.603. The molecule has 0 atom stereocenters. The molecule has 1 aromatic heterocycles. The van der Waals surface area contributed by atoms with E-state index in [1.165, 1.54) is 18.3 Å². The fourth-order valence-electron chi connectivity index (χ4n) is 3.32. The largest absolute Gasteiger partial charge is 0.483 e. The molecule has 148 valence electrons. The van der Waals surface area contributed by atoms with E-state index >= 15 is 0 Å². The Morgan fingerprint density at radius 2 is 1.83 bits per heavy atom. The number of ketones is 1. The van der Waals surface area contributed by atoms with Gasteiger partial charge >= 0.3 is 0 Å². The fourth-order valence-corrected chi connectivity index (χ4v) is 3.32. The first-order valence-electron chi connectivity index (χ1n) is 9.47. The van der Waals surface area contributed by atoms with Gasteiger partial charge in [-0.2, -0.15) is 5.10 Å². The Balaban J connectivity index is 1.54. The summed E-state index contributed by atoms with van der Waals surface area (Å²) in [6.07, 6.45) is 4.98. The van der Waals surface area contributed by atoms with Gasteiger partial charge in [-0.3, -0.25) is 9.59 Å². The third-order valence-electron chi connectivity index (χ3n) is 4.86. The molecule has 1 aliphatic heterocycles. The number of aromatic nitrogens is 2. The first-order chi connectivity index (χ1) is 14.1. The average Bonchev–Trinajstić information content (AvgIpc) is 3.45. The van der Waals surface area contributed by atoms with E-state index in [-0.39, 0.29) is 23.8 Å². The van der Waals surface area contributed by atoms with Crippen LogP contribution >= 0.6 is 0 Å². The zero-order chi connectivity index (χ0) is 20.2. The van der Waals surface area contributed by atoms with Gasteiger partial charge in [-0.15, -0.1) is 0 Å². The molecule has 1 amide bonds. The van der Waals surface area contributed by atoms with Crippen molar-refractivity contribution in [1.29, 1.82) is 0 Å². The van der Waals surface area contributed by atoms with Gasteiger partial charge in [-0.1, -0.05) is 18.2 Å². The minimum Gasteiger partial charge on any atom is -0.483 e. The standard InChI is InChI=1S/C22H20FN3O3/c23-17-8-9-20(29-15-21(27)25-10-4-5-11-25)19(12-17)22(28)16-13-24-26(14-16)18-6-2-1-3-7-18/h1-3,6-9,12-14H,4-5,10-11,15H2. The number of rotatable bonds is 6. The Morgan fingerprint density at radius 3 is 2.59 bits per heavy atom.